The first-order valence-electron chi connectivity index (χ1n) is 5.63. The Balaban J connectivity index is 2.31. The molecular formula is C13H16N4S. The summed E-state index contributed by atoms with van der Waals surface area (Å²) in [6, 6.07) is 10.1. The van der Waals surface area contributed by atoms with Crippen molar-refractivity contribution in [3.8, 4) is 0 Å². The van der Waals surface area contributed by atoms with Crippen molar-refractivity contribution in [2.24, 2.45) is 5.73 Å². The fraction of sp³-hybridized carbons (Fsp3) is 0.231. The Hall–Kier alpha value is -1.59. The van der Waals surface area contributed by atoms with Gasteiger partial charge in [0.2, 0.25) is 0 Å². The van der Waals surface area contributed by atoms with Gasteiger partial charge in [0.15, 0.2) is 0 Å². The minimum Gasteiger partial charge on any atom is -0.329 e. The van der Waals surface area contributed by atoms with Crippen LogP contribution < -0.4 is 10.6 Å². The van der Waals surface area contributed by atoms with Gasteiger partial charge in [-0.25, -0.2) is 9.97 Å². The molecule has 0 aliphatic rings. The first-order chi connectivity index (χ1) is 8.74. The highest BCUT2D eigenvalue weighted by molar-refractivity contribution is 7.98. The maximum atomic E-state index is 5.66. The second-order valence-electron chi connectivity index (χ2n) is 3.85. The van der Waals surface area contributed by atoms with Gasteiger partial charge in [-0.2, -0.15) is 0 Å². The number of benzene rings is 1. The standard InChI is InChI=1S/C13H16N4S/c1-17(11-5-3-4-10(6-11)8-14)12-7-13(18-2)16-9-15-12/h3-7,9H,8,14H2,1-2H3. The smallest absolute Gasteiger partial charge is 0.137 e. The van der Waals surface area contributed by atoms with E-state index in [-0.39, 0.29) is 0 Å². The molecule has 2 rings (SSSR count). The second-order valence-corrected chi connectivity index (χ2v) is 4.68. The van der Waals surface area contributed by atoms with E-state index in [1.807, 2.05) is 42.5 Å². The van der Waals surface area contributed by atoms with Crippen molar-refractivity contribution < 1.29 is 0 Å². The van der Waals surface area contributed by atoms with Gasteiger partial charge in [0.05, 0.1) is 0 Å². The van der Waals surface area contributed by atoms with E-state index in [1.54, 1.807) is 18.1 Å². The molecule has 0 aliphatic heterocycles. The molecule has 4 nitrogen and oxygen atoms in total. The molecule has 94 valence electrons. The quantitative estimate of drug-likeness (QED) is 0.676. The highest BCUT2D eigenvalue weighted by Gasteiger charge is 2.06. The number of nitrogens with two attached hydrogens (primary N) is 1. The molecule has 2 N–H and O–H groups in total. The lowest BCUT2D eigenvalue weighted by atomic mass is 10.2. The lowest BCUT2D eigenvalue weighted by molar-refractivity contribution is 1.01. The SMILES string of the molecule is CSc1cc(N(C)c2cccc(CN)c2)ncn1. The summed E-state index contributed by atoms with van der Waals surface area (Å²) in [4.78, 5) is 10.5. The highest BCUT2D eigenvalue weighted by Crippen LogP contribution is 2.24. The average Bonchev–Trinajstić information content (AvgIpc) is 2.46. The maximum absolute atomic E-state index is 5.66. The second kappa shape index (κ2) is 5.84. The first kappa shape index (κ1) is 12.9. The van der Waals surface area contributed by atoms with Crippen molar-refractivity contribution in [1.82, 2.24) is 9.97 Å². The van der Waals surface area contributed by atoms with Gasteiger partial charge in [-0.15, -0.1) is 11.8 Å². The van der Waals surface area contributed by atoms with E-state index in [9.17, 15) is 0 Å². The molecule has 2 aromatic rings. The maximum Gasteiger partial charge on any atom is 0.137 e. The molecule has 0 fully saturated rings. The van der Waals surface area contributed by atoms with Gasteiger partial charge in [0.1, 0.15) is 17.2 Å². The van der Waals surface area contributed by atoms with Crippen molar-refractivity contribution in [2.75, 3.05) is 18.2 Å². The van der Waals surface area contributed by atoms with E-state index in [2.05, 4.69) is 16.0 Å². The van der Waals surface area contributed by atoms with Gasteiger partial charge in [-0.1, -0.05) is 12.1 Å². The van der Waals surface area contributed by atoms with E-state index in [0.717, 1.165) is 22.1 Å². The lowest BCUT2D eigenvalue weighted by Gasteiger charge is -2.19. The summed E-state index contributed by atoms with van der Waals surface area (Å²) in [6.07, 6.45) is 3.59. The Morgan fingerprint density at radius 3 is 2.83 bits per heavy atom. The number of nitrogens with zero attached hydrogens (tertiary/aromatic N) is 3. The van der Waals surface area contributed by atoms with E-state index in [1.165, 1.54) is 0 Å². The average molecular weight is 260 g/mol. The molecule has 1 aromatic carbocycles. The van der Waals surface area contributed by atoms with E-state index >= 15 is 0 Å². The van der Waals surface area contributed by atoms with Crippen LogP contribution in [-0.2, 0) is 6.54 Å². The monoisotopic (exact) mass is 260 g/mol. The number of hydrogen-bond acceptors (Lipinski definition) is 5. The number of rotatable bonds is 4. The van der Waals surface area contributed by atoms with Crippen molar-refractivity contribution in [3.05, 3.63) is 42.2 Å². The van der Waals surface area contributed by atoms with Gasteiger partial charge < -0.3 is 10.6 Å². The lowest BCUT2D eigenvalue weighted by Crippen LogP contribution is -2.12. The Kier molecular flexibility index (Phi) is 4.17. The van der Waals surface area contributed by atoms with Crippen LogP contribution >= 0.6 is 11.8 Å². The zero-order valence-electron chi connectivity index (χ0n) is 10.5. The summed E-state index contributed by atoms with van der Waals surface area (Å²) in [5.74, 6) is 0.878. The normalized spacial score (nSPS) is 10.4. The third-order valence-corrected chi connectivity index (χ3v) is 3.36. The summed E-state index contributed by atoms with van der Waals surface area (Å²) >= 11 is 1.61. The molecule has 0 saturated heterocycles. The summed E-state index contributed by atoms with van der Waals surface area (Å²) in [5.41, 5.74) is 7.84. The highest BCUT2D eigenvalue weighted by atomic mass is 32.2. The molecule has 0 bridgehead atoms. The minimum absolute atomic E-state index is 0.543. The zero-order valence-corrected chi connectivity index (χ0v) is 11.3. The van der Waals surface area contributed by atoms with Crippen LogP contribution in [0.25, 0.3) is 0 Å². The van der Waals surface area contributed by atoms with Crippen LogP contribution in [0.3, 0.4) is 0 Å². The van der Waals surface area contributed by atoms with Gasteiger partial charge in [-0.3, -0.25) is 0 Å². The van der Waals surface area contributed by atoms with Crippen LogP contribution in [-0.4, -0.2) is 23.3 Å². The van der Waals surface area contributed by atoms with Crippen LogP contribution in [0.4, 0.5) is 11.5 Å². The Bertz CT molecular complexity index is 482. The molecule has 0 aliphatic carbocycles. The van der Waals surface area contributed by atoms with Crippen molar-refractivity contribution in [3.63, 3.8) is 0 Å². The Labute approximate surface area is 111 Å². The van der Waals surface area contributed by atoms with E-state index in [4.69, 9.17) is 5.73 Å². The van der Waals surface area contributed by atoms with Crippen LogP contribution in [0.2, 0.25) is 0 Å². The molecule has 1 aromatic heterocycles. The molecular weight excluding hydrogens is 244 g/mol. The van der Waals surface area contributed by atoms with Gasteiger partial charge in [0, 0.05) is 25.3 Å². The number of hydrogen-bond donors (Lipinski definition) is 1. The molecule has 5 heteroatoms. The van der Waals surface area contributed by atoms with Gasteiger partial charge in [0.25, 0.3) is 0 Å². The van der Waals surface area contributed by atoms with Crippen LogP contribution in [0.15, 0.2) is 41.7 Å². The third kappa shape index (κ3) is 2.80. The van der Waals surface area contributed by atoms with Gasteiger partial charge in [-0.05, 0) is 24.0 Å². The predicted octanol–water partition coefficient (Wildman–Crippen LogP) is 2.43. The fourth-order valence-electron chi connectivity index (χ4n) is 1.65. The molecule has 18 heavy (non-hydrogen) atoms. The summed E-state index contributed by atoms with van der Waals surface area (Å²) in [7, 11) is 1.99. The minimum atomic E-state index is 0.543. The molecule has 0 atom stereocenters. The predicted molar refractivity (Wildman–Crippen MR) is 76.2 cm³/mol. The number of anilines is 2. The molecule has 0 unspecified atom stereocenters. The van der Waals surface area contributed by atoms with Crippen LogP contribution in [0.5, 0.6) is 0 Å². The third-order valence-electron chi connectivity index (χ3n) is 2.71. The first-order valence-corrected chi connectivity index (χ1v) is 6.86. The van der Waals surface area contributed by atoms with Crippen LogP contribution in [0, 0.1) is 0 Å². The van der Waals surface area contributed by atoms with Crippen molar-refractivity contribution in [1.29, 1.82) is 0 Å². The van der Waals surface area contributed by atoms with Gasteiger partial charge >= 0.3 is 0 Å². The van der Waals surface area contributed by atoms with Crippen molar-refractivity contribution in [2.45, 2.75) is 11.6 Å². The molecule has 0 amide bonds. The number of aromatic nitrogens is 2. The zero-order chi connectivity index (χ0) is 13.0. The Morgan fingerprint density at radius 2 is 2.11 bits per heavy atom. The topological polar surface area (TPSA) is 55.0 Å². The summed E-state index contributed by atoms with van der Waals surface area (Å²) < 4.78 is 0. The molecule has 1 heterocycles. The van der Waals surface area contributed by atoms with E-state index in [0.29, 0.717) is 6.54 Å². The summed E-state index contributed by atoms with van der Waals surface area (Å²) in [5, 5.41) is 0.960. The molecule has 0 radical (unpaired) electrons. The Morgan fingerprint density at radius 1 is 1.28 bits per heavy atom. The summed E-state index contributed by atoms with van der Waals surface area (Å²) in [6.45, 7) is 0.543. The van der Waals surface area contributed by atoms with E-state index < -0.39 is 0 Å². The van der Waals surface area contributed by atoms with Crippen LogP contribution in [0.1, 0.15) is 5.56 Å². The van der Waals surface area contributed by atoms with Crippen molar-refractivity contribution >= 4 is 23.3 Å². The largest absolute Gasteiger partial charge is 0.329 e. The molecule has 0 spiro atoms. The number of thioether (sulfide) groups is 1. The fourth-order valence-corrected chi connectivity index (χ4v) is 2.03. The molecule has 0 saturated carbocycles.